The molecule has 1 aromatic heterocycles. The first kappa shape index (κ1) is 14.7. The van der Waals surface area contributed by atoms with Gasteiger partial charge in [0.05, 0.1) is 26.1 Å². The average molecular weight is 284 g/mol. The van der Waals surface area contributed by atoms with Crippen molar-refractivity contribution in [1.29, 1.82) is 5.26 Å². The Labute approximate surface area is 123 Å². The first-order valence-electron chi connectivity index (χ1n) is 6.55. The number of aromatic nitrogens is 1. The summed E-state index contributed by atoms with van der Waals surface area (Å²) in [6.07, 6.45) is 3.03. The molecule has 21 heavy (non-hydrogen) atoms. The monoisotopic (exact) mass is 284 g/mol. The second-order valence-corrected chi connectivity index (χ2v) is 4.19. The largest absolute Gasteiger partial charge is 0.497 e. The molecule has 0 aliphatic heterocycles. The highest BCUT2D eigenvalue weighted by atomic mass is 16.5. The van der Waals surface area contributed by atoms with Crippen LogP contribution in [0.15, 0.2) is 36.7 Å². The predicted octanol–water partition coefficient (Wildman–Crippen LogP) is 2.94. The first-order valence-corrected chi connectivity index (χ1v) is 6.55. The van der Waals surface area contributed by atoms with Crippen LogP contribution in [0.5, 0.6) is 17.2 Å². The van der Waals surface area contributed by atoms with E-state index in [1.54, 1.807) is 7.11 Å². The van der Waals surface area contributed by atoms with Crippen molar-refractivity contribution in [1.82, 2.24) is 4.98 Å². The highest BCUT2D eigenvalue weighted by Crippen LogP contribution is 2.27. The summed E-state index contributed by atoms with van der Waals surface area (Å²) in [6.45, 7) is 2.67. The summed E-state index contributed by atoms with van der Waals surface area (Å²) >= 11 is 0. The zero-order chi connectivity index (χ0) is 15.1. The van der Waals surface area contributed by atoms with Crippen molar-refractivity contribution in [3.8, 4) is 23.3 Å². The Bertz CT molecular complexity index is 633. The van der Waals surface area contributed by atoms with Gasteiger partial charge in [-0.05, 0) is 24.6 Å². The smallest absolute Gasteiger partial charge is 0.159 e. The molecule has 0 atom stereocenters. The minimum absolute atomic E-state index is 0.343. The number of pyridine rings is 1. The van der Waals surface area contributed by atoms with Crippen molar-refractivity contribution >= 4 is 0 Å². The van der Waals surface area contributed by atoms with Crippen LogP contribution in [0.1, 0.15) is 18.1 Å². The second-order valence-electron chi connectivity index (χ2n) is 4.19. The van der Waals surface area contributed by atoms with Crippen molar-refractivity contribution in [3.63, 3.8) is 0 Å². The third kappa shape index (κ3) is 3.63. The van der Waals surface area contributed by atoms with Crippen LogP contribution in [0.2, 0.25) is 0 Å². The summed E-state index contributed by atoms with van der Waals surface area (Å²) in [5, 5.41) is 9.24. The fraction of sp³-hybridized carbons (Fsp3) is 0.250. The Kier molecular flexibility index (Phi) is 4.99. The minimum atomic E-state index is 0.343. The molecule has 0 amide bonds. The molecule has 108 valence electrons. The Balaban J connectivity index is 2.12. The lowest BCUT2D eigenvalue weighted by Gasteiger charge is -2.11. The summed E-state index contributed by atoms with van der Waals surface area (Å²) in [4.78, 5) is 4.03. The SMILES string of the molecule is CCOc1cncc(OCc2ccc(OC)cc2)c1C#N. The number of hydrogen-bond donors (Lipinski definition) is 0. The van der Waals surface area contributed by atoms with Crippen LogP contribution in [0.25, 0.3) is 0 Å². The maximum atomic E-state index is 9.24. The van der Waals surface area contributed by atoms with Crippen LogP contribution in [0.3, 0.4) is 0 Å². The topological polar surface area (TPSA) is 64.4 Å². The van der Waals surface area contributed by atoms with E-state index in [1.807, 2.05) is 31.2 Å². The van der Waals surface area contributed by atoms with Gasteiger partial charge >= 0.3 is 0 Å². The van der Waals surface area contributed by atoms with Gasteiger partial charge in [0.2, 0.25) is 0 Å². The molecule has 2 rings (SSSR count). The summed E-state index contributed by atoms with van der Waals surface area (Å²) in [5.74, 6) is 1.64. The van der Waals surface area contributed by atoms with Gasteiger partial charge < -0.3 is 14.2 Å². The summed E-state index contributed by atoms with van der Waals surface area (Å²) in [5.41, 5.74) is 1.34. The van der Waals surface area contributed by atoms with Gasteiger partial charge in [0.1, 0.15) is 24.0 Å². The van der Waals surface area contributed by atoms with Crippen molar-refractivity contribution in [2.75, 3.05) is 13.7 Å². The third-order valence-corrected chi connectivity index (χ3v) is 2.84. The second kappa shape index (κ2) is 7.15. The fourth-order valence-electron chi connectivity index (χ4n) is 1.79. The minimum Gasteiger partial charge on any atom is -0.497 e. The van der Waals surface area contributed by atoms with Gasteiger partial charge in [0, 0.05) is 0 Å². The molecular weight excluding hydrogens is 268 g/mol. The Morgan fingerprint density at radius 3 is 2.33 bits per heavy atom. The van der Waals surface area contributed by atoms with Crippen LogP contribution < -0.4 is 14.2 Å². The van der Waals surface area contributed by atoms with Gasteiger partial charge in [-0.3, -0.25) is 4.98 Å². The van der Waals surface area contributed by atoms with E-state index in [0.717, 1.165) is 11.3 Å². The fourth-order valence-corrected chi connectivity index (χ4v) is 1.79. The molecule has 5 heteroatoms. The van der Waals surface area contributed by atoms with Crippen LogP contribution in [0.4, 0.5) is 0 Å². The van der Waals surface area contributed by atoms with Gasteiger partial charge in [-0.1, -0.05) is 12.1 Å². The normalized spacial score (nSPS) is 9.76. The number of hydrogen-bond acceptors (Lipinski definition) is 5. The number of nitrogens with zero attached hydrogens (tertiary/aromatic N) is 2. The van der Waals surface area contributed by atoms with Crippen LogP contribution in [-0.2, 0) is 6.61 Å². The molecule has 0 bridgehead atoms. The Hall–Kier alpha value is -2.74. The maximum absolute atomic E-state index is 9.24. The van der Waals surface area contributed by atoms with E-state index in [4.69, 9.17) is 14.2 Å². The lowest BCUT2D eigenvalue weighted by molar-refractivity contribution is 0.296. The lowest BCUT2D eigenvalue weighted by atomic mass is 10.2. The number of nitriles is 1. The van der Waals surface area contributed by atoms with Crippen molar-refractivity contribution < 1.29 is 14.2 Å². The molecule has 0 N–H and O–H groups in total. The van der Waals surface area contributed by atoms with Crippen molar-refractivity contribution in [2.45, 2.75) is 13.5 Å². The molecule has 5 nitrogen and oxygen atoms in total. The van der Waals surface area contributed by atoms with E-state index < -0.39 is 0 Å². The van der Waals surface area contributed by atoms with E-state index in [0.29, 0.717) is 30.3 Å². The number of rotatable bonds is 6. The zero-order valence-electron chi connectivity index (χ0n) is 12.0. The molecular formula is C16H16N2O3. The van der Waals surface area contributed by atoms with E-state index in [-0.39, 0.29) is 0 Å². The third-order valence-electron chi connectivity index (χ3n) is 2.84. The van der Waals surface area contributed by atoms with E-state index in [1.165, 1.54) is 12.4 Å². The Morgan fingerprint density at radius 2 is 1.76 bits per heavy atom. The lowest BCUT2D eigenvalue weighted by Crippen LogP contribution is -2.01. The first-order chi connectivity index (χ1) is 10.3. The van der Waals surface area contributed by atoms with Crippen LogP contribution in [0, 0.1) is 11.3 Å². The zero-order valence-corrected chi connectivity index (χ0v) is 12.0. The molecule has 0 aliphatic carbocycles. The molecule has 2 aromatic rings. The molecule has 0 unspecified atom stereocenters. The van der Waals surface area contributed by atoms with Gasteiger partial charge in [0.25, 0.3) is 0 Å². The van der Waals surface area contributed by atoms with E-state index >= 15 is 0 Å². The summed E-state index contributed by atoms with van der Waals surface area (Å²) in [6, 6.07) is 9.63. The van der Waals surface area contributed by atoms with Gasteiger partial charge in [-0.2, -0.15) is 5.26 Å². The van der Waals surface area contributed by atoms with Crippen molar-refractivity contribution in [3.05, 3.63) is 47.8 Å². The van der Waals surface area contributed by atoms with Crippen LogP contribution >= 0.6 is 0 Å². The predicted molar refractivity (Wildman–Crippen MR) is 77.4 cm³/mol. The molecule has 0 spiro atoms. The quantitative estimate of drug-likeness (QED) is 0.816. The Morgan fingerprint density at radius 1 is 1.10 bits per heavy atom. The standard InChI is InChI=1S/C16H16N2O3/c1-3-20-15-9-18-10-16(14(15)8-17)21-11-12-4-6-13(19-2)7-5-12/h4-7,9-10H,3,11H2,1-2H3. The highest BCUT2D eigenvalue weighted by molar-refractivity contribution is 5.50. The molecule has 0 saturated carbocycles. The molecule has 0 radical (unpaired) electrons. The molecule has 0 saturated heterocycles. The number of ether oxygens (including phenoxy) is 3. The molecule has 0 fully saturated rings. The molecule has 0 aliphatic rings. The highest BCUT2D eigenvalue weighted by Gasteiger charge is 2.11. The van der Waals surface area contributed by atoms with Crippen LogP contribution in [-0.4, -0.2) is 18.7 Å². The van der Waals surface area contributed by atoms with Gasteiger partial charge in [-0.25, -0.2) is 0 Å². The molecule has 1 aromatic carbocycles. The maximum Gasteiger partial charge on any atom is 0.159 e. The van der Waals surface area contributed by atoms with Gasteiger partial charge in [0.15, 0.2) is 11.5 Å². The van der Waals surface area contributed by atoms with E-state index in [9.17, 15) is 5.26 Å². The number of benzene rings is 1. The van der Waals surface area contributed by atoms with Crippen molar-refractivity contribution in [2.24, 2.45) is 0 Å². The average Bonchev–Trinajstić information content (AvgIpc) is 2.54. The van der Waals surface area contributed by atoms with Gasteiger partial charge in [-0.15, -0.1) is 0 Å². The summed E-state index contributed by atoms with van der Waals surface area (Å²) < 4.78 is 16.1. The summed E-state index contributed by atoms with van der Waals surface area (Å²) in [7, 11) is 1.62. The molecule has 1 heterocycles. The van der Waals surface area contributed by atoms with E-state index in [2.05, 4.69) is 11.1 Å². The number of methoxy groups -OCH3 is 1.